The minimum absolute atomic E-state index is 0.459. The Bertz CT molecular complexity index is 942. The van der Waals surface area contributed by atoms with Crippen LogP contribution in [0, 0.1) is 13.8 Å². The maximum absolute atomic E-state index is 5.94. The fraction of sp³-hybridized carbons (Fsp3) is 0.130. The molecule has 0 saturated heterocycles. The van der Waals surface area contributed by atoms with Crippen molar-refractivity contribution in [3.8, 4) is 11.1 Å². The summed E-state index contributed by atoms with van der Waals surface area (Å²) in [7, 11) is 0. The zero-order valence-electron chi connectivity index (χ0n) is 15.6. The molecule has 3 aromatic carbocycles. The van der Waals surface area contributed by atoms with E-state index in [4.69, 9.17) is 5.73 Å². The molecule has 0 aliphatic rings. The van der Waals surface area contributed by atoms with Crippen LogP contribution in [0.4, 0.5) is 0 Å². The van der Waals surface area contributed by atoms with E-state index < -0.39 is 0 Å². The van der Waals surface area contributed by atoms with Gasteiger partial charge in [0, 0.05) is 5.75 Å². The van der Waals surface area contributed by atoms with E-state index in [0.717, 1.165) is 11.3 Å². The zero-order chi connectivity index (χ0) is 19.1. The SMILES string of the molecule is Cc1cc(C)cc(-c2cccc(C=NN=C(N)SCc3ccccc3)c2)c1. The van der Waals surface area contributed by atoms with Gasteiger partial charge in [-0.25, -0.2) is 0 Å². The lowest BCUT2D eigenvalue weighted by Gasteiger charge is -2.06. The summed E-state index contributed by atoms with van der Waals surface area (Å²) in [4.78, 5) is 0. The quantitative estimate of drug-likeness (QED) is 0.362. The van der Waals surface area contributed by atoms with Crippen LogP contribution < -0.4 is 5.73 Å². The summed E-state index contributed by atoms with van der Waals surface area (Å²) in [6.45, 7) is 4.23. The first-order valence-corrected chi connectivity index (χ1v) is 9.81. The van der Waals surface area contributed by atoms with Gasteiger partial charge < -0.3 is 5.73 Å². The molecule has 0 aliphatic carbocycles. The molecule has 0 heterocycles. The highest BCUT2D eigenvalue weighted by Crippen LogP contribution is 2.23. The van der Waals surface area contributed by atoms with Crippen molar-refractivity contribution in [1.29, 1.82) is 0 Å². The van der Waals surface area contributed by atoms with Crippen molar-refractivity contribution in [2.75, 3.05) is 0 Å². The van der Waals surface area contributed by atoms with Crippen LogP contribution in [0.15, 0.2) is 83.0 Å². The van der Waals surface area contributed by atoms with Crippen molar-refractivity contribution in [2.45, 2.75) is 19.6 Å². The highest BCUT2D eigenvalue weighted by molar-refractivity contribution is 8.13. The third-order valence-electron chi connectivity index (χ3n) is 4.03. The van der Waals surface area contributed by atoms with Crippen LogP contribution >= 0.6 is 11.8 Å². The molecule has 0 aromatic heterocycles. The molecule has 0 unspecified atom stereocenters. The summed E-state index contributed by atoms with van der Waals surface area (Å²) in [5.41, 5.74) is 13.1. The van der Waals surface area contributed by atoms with Gasteiger partial charge in [0.2, 0.25) is 0 Å². The van der Waals surface area contributed by atoms with Crippen LogP contribution in [0.5, 0.6) is 0 Å². The van der Waals surface area contributed by atoms with E-state index in [1.165, 1.54) is 39.6 Å². The van der Waals surface area contributed by atoms with E-state index in [1.54, 1.807) is 6.21 Å². The molecule has 27 heavy (non-hydrogen) atoms. The summed E-state index contributed by atoms with van der Waals surface area (Å²) in [5.74, 6) is 0.786. The number of rotatable bonds is 5. The van der Waals surface area contributed by atoms with E-state index in [0.29, 0.717) is 5.17 Å². The Morgan fingerprint density at radius 3 is 2.37 bits per heavy atom. The number of nitrogens with zero attached hydrogens (tertiary/aromatic N) is 2. The van der Waals surface area contributed by atoms with Crippen LogP contribution in [0.25, 0.3) is 11.1 Å². The highest BCUT2D eigenvalue weighted by Gasteiger charge is 2.01. The summed E-state index contributed by atoms with van der Waals surface area (Å²) >= 11 is 1.48. The summed E-state index contributed by atoms with van der Waals surface area (Å²) in [6, 6.07) is 25.0. The second-order valence-corrected chi connectivity index (χ2v) is 7.45. The third-order valence-corrected chi connectivity index (χ3v) is 4.89. The van der Waals surface area contributed by atoms with Gasteiger partial charge in [-0.1, -0.05) is 89.6 Å². The molecule has 0 amide bonds. The number of hydrogen-bond acceptors (Lipinski definition) is 3. The standard InChI is InChI=1S/C23H23N3S/c1-17-11-18(2)13-22(12-17)21-10-6-9-20(14-21)15-25-26-23(24)27-16-19-7-4-3-5-8-19/h3-15H,16H2,1-2H3,(H2,24,26). The molecule has 0 radical (unpaired) electrons. The second-order valence-electron chi connectivity index (χ2n) is 6.46. The predicted octanol–water partition coefficient (Wildman–Crippen LogP) is 5.55. The first-order chi connectivity index (χ1) is 13.1. The molecule has 136 valence electrons. The fourth-order valence-electron chi connectivity index (χ4n) is 2.85. The molecule has 3 aromatic rings. The minimum atomic E-state index is 0.459. The van der Waals surface area contributed by atoms with Crippen molar-refractivity contribution in [2.24, 2.45) is 15.9 Å². The smallest absolute Gasteiger partial charge is 0.180 e. The summed E-state index contributed by atoms with van der Waals surface area (Å²) in [5, 5.41) is 8.69. The Balaban J connectivity index is 1.66. The third kappa shape index (κ3) is 5.83. The molecule has 0 aliphatic heterocycles. The van der Waals surface area contributed by atoms with Crippen LogP contribution in [-0.4, -0.2) is 11.4 Å². The van der Waals surface area contributed by atoms with Gasteiger partial charge in [0.25, 0.3) is 0 Å². The number of benzene rings is 3. The monoisotopic (exact) mass is 373 g/mol. The van der Waals surface area contributed by atoms with E-state index in [2.05, 4.69) is 66.5 Å². The number of nitrogens with two attached hydrogens (primary N) is 1. The number of hydrogen-bond donors (Lipinski definition) is 1. The normalized spacial score (nSPS) is 11.9. The van der Waals surface area contributed by atoms with Crippen molar-refractivity contribution in [1.82, 2.24) is 0 Å². The molecule has 3 nitrogen and oxygen atoms in total. The van der Waals surface area contributed by atoms with Crippen LogP contribution in [0.2, 0.25) is 0 Å². The van der Waals surface area contributed by atoms with Gasteiger partial charge in [-0.2, -0.15) is 5.10 Å². The average Bonchev–Trinajstić information content (AvgIpc) is 2.67. The maximum atomic E-state index is 5.94. The summed E-state index contributed by atoms with van der Waals surface area (Å²) in [6.07, 6.45) is 1.74. The Kier molecular flexibility index (Phi) is 6.44. The van der Waals surface area contributed by atoms with Gasteiger partial charge in [-0.15, -0.1) is 5.10 Å². The first-order valence-electron chi connectivity index (χ1n) is 8.82. The Labute approximate surface area is 165 Å². The van der Waals surface area contributed by atoms with E-state index in [1.807, 2.05) is 30.3 Å². The van der Waals surface area contributed by atoms with Crippen LogP contribution in [0.3, 0.4) is 0 Å². The Hall–Kier alpha value is -2.85. The lowest BCUT2D eigenvalue weighted by atomic mass is 9.99. The van der Waals surface area contributed by atoms with Gasteiger partial charge in [-0.05, 0) is 42.2 Å². The number of thioether (sulfide) groups is 1. The Morgan fingerprint density at radius 2 is 1.63 bits per heavy atom. The minimum Gasteiger partial charge on any atom is -0.377 e. The predicted molar refractivity (Wildman–Crippen MR) is 118 cm³/mol. The average molecular weight is 374 g/mol. The number of amidine groups is 1. The van der Waals surface area contributed by atoms with E-state index in [9.17, 15) is 0 Å². The van der Waals surface area contributed by atoms with Crippen LogP contribution in [-0.2, 0) is 5.75 Å². The fourth-order valence-corrected chi connectivity index (χ4v) is 3.46. The molecule has 4 heteroatoms. The largest absolute Gasteiger partial charge is 0.377 e. The van der Waals surface area contributed by atoms with Crippen molar-refractivity contribution in [3.63, 3.8) is 0 Å². The van der Waals surface area contributed by atoms with E-state index >= 15 is 0 Å². The molecule has 0 spiro atoms. The van der Waals surface area contributed by atoms with Gasteiger partial charge in [0.1, 0.15) is 0 Å². The topological polar surface area (TPSA) is 50.7 Å². The van der Waals surface area contributed by atoms with E-state index in [-0.39, 0.29) is 0 Å². The van der Waals surface area contributed by atoms with Gasteiger partial charge in [0.05, 0.1) is 6.21 Å². The zero-order valence-corrected chi connectivity index (χ0v) is 16.4. The molecule has 3 rings (SSSR count). The van der Waals surface area contributed by atoms with Crippen molar-refractivity contribution < 1.29 is 0 Å². The Morgan fingerprint density at radius 1 is 0.889 bits per heavy atom. The van der Waals surface area contributed by atoms with Crippen molar-refractivity contribution >= 4 is 23.1 Å². The van der Waals surface area contributed by atoms with Gasteiger partial charge in [-0.3, -0.25) is 0 Å². The lowest BCUT2D eigenvalue weighted by molar-refractivity contribution is 1.25. The molecule has 0 fully saturated rings. The van der Waals surface area contributed by atoms with Crippen molar-refractivity contribution in [3.05, 3.63) is 95.1 Å². The molecule has 0 atom stereocenters. The first kappa shape index (κ1) is 18.9. The molecule has 2 N–H and O–H groups in total. The molecular formula is C23H23N3S. The molecule has 0 saturated carbocycles. The van der Waals surface area contributed by atoms with Crippen LogP contribution in [0.1, 0.15) is 22.3 Å². The van der Waals surface area contributed by atoms with Gasteiger partial charge in [0.15, 0.2) is 5.17 Å². The lowest BCUT2D eigenvalue weighted by Crippen LogP contribution is -2.05. The summed E-state index contributed by atoms with van der Waals surface area (Å²) < 4.78 is 0. The number of aryl methyl sites for hydroxylation is 2. The van der Waals surface area contributed by atoms with Gasteiger partial charge >= 0.3 is 0 Å². The molecule has 0 bridgehead atoms. The highest BCUT2D eigenvalue weighted by atomic mass is 32.2. The second kappa shape index (κ2) is 9.19. The molecular weight excluding hydrogens is 350 g/mol. The maximum Gasteiger partial charge on any atom is 0.180 e.